The molecule has 1 aromatic heterocycles. The molecule has 16 heavy (non-hydrogen) atoms. The molecule has 8 heteroatoms. The zero-order valence-electron chi connectivity index (χ0n) is 9.16. The Labute approximate surface area is 92.1 Å². The number of hydrogen-bond donors (Lipinski definition) is 5. The quantitative estimate of drug-likeness (QED) is 0.261. The molecule has 88 valence electrons. The Balaban J connectivity index is 3.28. The Kier molecular flexibility index (Phi) is 3.46. The van der Waals surface area contributed by atoms with Crippen LogP contribution in [0.5, 0.6) is 0 Å². The minimum atomic E-state index is -0.522. The summed E-state index contributed by atoms with van der Waals surface area (Å²) in [5.74, 6) is 0.250. The van der Waals surface area contributed by atoms with Gasteiger partial charge in [-0.15, -0.1) is 0 Å². The van der Waals surface area contributed by atoms with E-state index in [0.717, 1.165) is 0 Å². The van der Waals surface area contributed by atoms with E-state index < -0.39 is 5.56 Å². The van der Waals surface area contributed by atoms with E-state index in [0.29, 0.717) is 6.54 Å². The molecule has 0 saturated heterocycles. The van der Waals surface area contributed by atoms with Crippen molar-refractivity contribution >= 4 is 23.3 Å². The van der Waals surface area contributed by atoms with Crippen molar-refractivity contribution in [2.75, 3.05) is 23.0 Å². The third-order valence-electron chi connectivity index (χ3n) is 1.82. The Morgan fingerprint density at radius 2 is 2.25 bits per heavy atom. The largest absolute Gasteiger partial charge is 0.391 e. The smallest absolute Gasteiger partial charge is 0.277 e. The molecule has 0 fully saturated rings. The van der Waals surface area contributed by atoms with Crippen LogP contribution in [0.4, 0.5) is 17.5 Å². The first-order chi connectivity index (χ1) is 7.47. The third kappa shape index (κ3) is 2.28. The second kappa shape index (κ2) is 4.62. The van der Waals surface area contributed by atoms with Crippen molar-refractivity contribution in [3.05, 3.63) is 10.4 Å². The Morgan fingerprint density at radius 3 is 2.75 bits per heavy atom. The highest BCUT2D eigenvalue weighted by molar-refractivity contribution is 5.94. The normalized spacial score (nSPS) is 10.1. The number of nitrogens with one attached hydrogen (secondary N) is 3. The maximum Gasteiger partial charge on any atom is 0.277 e. The summed E-state index contributed by atoms with van der Waals surface area (Å²) in [6.45, 7) is 3.95. The average Bonchev–Trinajstić information content (AvgIpc) is 2.20. The fourth-order valence-electron chi connectivity index (χ4n) is 1.17. The maximum atomic E-state index is 11.4. The molecule has 1 rings (SSSR count). The zero-order chi connectivity index (χ0) is 12.3. The van der Waals surface area contributed by atoms with E-state index >= 15 is 0 Å². The van der Waals surface area contributed by atoms with Gasteiger partial charge < -0.3 is 11.5 Å². The molecule has 1 heterocycles. The van der Waals surface area contributed by atoms with Crippen LogP contribution in [0.15, 0.2) is 4.79 Å². The predicted octanol–water partition coefficient (Wildman–Crippen LogP) is -0.738. The highest BCUT2D eigenvalue weighted by atomic mass is 16.1. The Morgan fingerprint density at radius 1 is 1.62 bits per heavy atom. The van der Waals surface area contributed by atoms with E-state index in [1.165, 1.54) is 5.01 Å². The molecule has 0 spiro atoms. The van der Waals surface area contributed by atoms with Crippen LogP contribution in [-0.2, 0) is 0 Å². The summed E-state index contributed by atoms with van der Waals surface area (Å²) in [6, 6.07) is 0. The molecule has 0 unspecified atom stereocenters. The van der Waals surface area contributed by atoms with Gasteiger partial charge in [0.1, 0.15) is 11.5 Å². The zero-order valence-corrected chi connectivity index (χ0v) is 9.16. The summed E-state index contributed by atoms with van der Waals surface area (Å²) in [6.07, 6.45) is 0. The lowest BCUT2D eigenvalue weighted by atomic mass is 10.4. The van der Waals surface area contributed by atoms with Gasteiger partial charge in [-0.05, 0) is 6.92 Å². The second-order valence-electron chi connectivity index (χ2n) is 3.12. The van der Waals surface area contributed by atoms with E-state index in [1.54, 1.807) is 6.92 Å². The van der Waals surface area contributed by atoms with Gasteiger partial charge in [-0.25, -0.2) is 10.4 Å². The average molecular weight is 225 g/mol. The predicted molar refractivity (Wildman–Crippen MR) is 63.2 cm³/mol. The number of aromatic nitrogens is 2. The van der Waals surface area contributed by atoms with Crippen LogP contribution in [0.3, 0.4) is 0 Å². The van der Waals surface area contributed by atoms with Crippen molar-refractivity contribution in [1.82, 2.24) is 15.4 Å². The SMILES string of the molecule is CCNN(C(C)=N)c1nc(N)[nH]c(=O)c1N. The van der Waals surface area contributed by atoms with E-state index in [9.17, 15) is 4.79 Å². The van der Waals surface area contributed by atoms with Crippen LogP contribution < -0.4 is 27.5 Å². The first kappa shape index (κ1) is 12.0. The van der Waals surface area contributed by atoms with Crippen molar-refractivity contribution in [2.24, 2.45) is 0 Å². The van der Waals surface area contributed by atoms with E-state index in [1.807, 2.05) is 6.92 Å². The molecule has 0 amide bonds. The van der Waals surface area contributed by atoms with Crippen LogP contribution in [0.1, 0.15) is 13.8 Å². The highest BCUT2D eigenvalue weighted by Gasteiger charge is 2.16. The molecular weight excluding hydrogens is 210 g/mol. The van der Waals surface area contributed by atoms with Gasteiger partial charge in [0.15, 0.2) is 5.82 Å². The second-order valence-corrected chi connectivity index (χ2v) is 3.12. The maximum absolute atomic E-state index is 11.4. The standard InChI is InChI=1S/C8H15N7O/c1-3-12-15(4(2)9)6-5(10)7(16)14-8(11)13-6/h9,12H,3,10H2,1-2H3,(H3,11,13,14,16). The van der Waals surface area contributed by atoms with E-state index in [4.69, 9.17) is 16.9 Å². The van der Waals surface area contributed by atoms with Crippen molar-refractivity contribution in [1.29, 1.82) is 5.41 Å². The number of amidine groups is 1. The fraction of sp³-hybridized carbons (Fsp3) is 0.375. The van der Waals surface area contributed by atoms with Gasteiger partial charge in [0, 0.05) is 6.54 Å². The molecule has 0 aliphatic carbocycles. The molecule has 1 aromatic rings. The molecule has 0 aliphatic rings. The molecule has 0 atom stereocenters. The summed E-state index contributed by atoms with van der Waals surface area (Å²) in [4.78, 5) is 17.5. The van der Waals surface area contributed by atoms with E-state index in [2.05, 4.69) is 15.4 Å². The van der Waals surface area contributed by atoms with Crippen LogP contribution in [0.25, 0.3) is 0 Å². The number of anilines is 3. The first-order valence-corrected chi connectivity index (χ1v) is 4.71. The lowest BCUT2D eigenvalue weighted by Gasteiger charge is -2.23. The number of H-pyrrole nitrogens is 1. The monoisotopic (exact) mass is 225 g/mol. The molecule has 0 aliphatic heterocycles. The van der Waals surface area contributed by atoms with Crippen molar-refractivity contribution in [3.63, 3.8) is 0 Å². The molecule has 7 N–H and O–H groups in total. The van der Waals surface area contributed by atoms with Crippen molar-refractivity contribution in [2.45, 2.75) is 13.8 Å². The fourth-order valence-corrected chi connectivity index (χ4v) is 1.17. The van der Waals surface area contributed by atoms with E-state index in [-0.39, 0.29) is 23.3 Å². The van der Waals surface area contributed by atoms with Gasteiger partial charge in [0.2, 0.25) is 5.95 Å². The molecule has 0 radical (unpaired) electrons. The highest BCUT2D eigenvalue weighted by Crippen LogP contribution is 2.15. The third-order valence-corrected chi connectivity index (χ3v) is 1.82. The van der Waals surface area contributed by atoms with Crippen LogP contribution in [-0.4, -0.2) is 22.3 Å². The van der Waals surface area contributed by atoms with Gasteiger partial charge in [-0.3, -0.25) is 15.2 Å². The summed E-state index contributed by atoms with van der Waals surface area (Å²) < 4.78 is 0. The number of nitrogens with zero attached hydrogens (tertiary/aromatic N) is 2. The molecular formula is C8H15N7O. The van der Waals surface area contributed by atoms with Crippen molar-refractivity contribution < 1.29 is 0 Å². The summed E-state index contributed by atoms with van der Waals surface area (Å²) in [5.41, 5.74) is 13.2. The molecule has 0 aromatic carbocycles. The number of hydrogen-bond acceptors (Lipinski definition) is 6. The van der Waals surface area contributed by atoms with Gasteiger partial charge in [-0.2, -0.15) is 4.98 Å². The minimum Gasteiger partial charge on any atom is -0.391 e. The van der Waals surface area contributed by atoms with Crippen LogP contribution >= 0.6 is 0 Å². The van der Waals surface area contributed by atoms with Gasteiger partial charge in [0.05, 0.1) is 0 Å². The molecule has 0 saturated carbocycles. The van der Waals surface area contributed by atoms with Crippen LogP contribution in [0, 0.1) is 5.41 Å². The van der Waals surface area contributed by atoms with Crippen molar-refractivity contribution in [3.8, 4) is 0 Å². The van der Waals surface area contributed by atoms with Gasteiger partial charge in [-0.1, -0.05) is 6.92 Å². The van der Waals surface area contributed by atoms with Crippen LogP contribution in [0.2, 0.25) is 0 Å². The number of rotatable bonds is 3. The van der Waals surface area contributed by atoms with Gasteiger partial charge >= 0.3 is 0 Å². The lowest BCUT2D eigenvalue weighted by molar-refractivity contribution is 0.743. The number of aromatic amines is 1. The first-order valence-electron chi connectivity index (χ1n) is 4.71. The summed E-state index contributed by atoms with van der Waals surface area (Å²) >= 11 is 0. The minimum absolute atomic E-state index is 0.0432. The number of nitrogens with two attached hydrogens (primary N) is 2. The number of nitrogen functional groups attached to an aromatic ring is 2. The summed E-state index contributed by atoms with van der Waals surface area (Å²) in [7, 11) is 0. The molecule has 0 bridgehead atoms. The lowest BCUT2D eigenvalue weighted by Crippen LogP contribution is -2.43. The topological polar surface area (TPSA) is 137 Å². The number of hydrazine groups is 1. The molecule has 8 nitrogen and oxygen atoms in total. The summed E-state index contributed by atoms with van der Waals surface area (Å²) in [5, 5.41) is 8.85. The Hall–Kier alpha value is -2.09. The van der Waals surface area contributed by atoms with Gasteiger partial charge in [0.25, 0.3) is 5.56 Å². The Bertz CT molecular complexity index is 452.